The second-order valence-electron chi connectivity index (χ2n) is 5.24. The molecule has 0 aliphatic carbocycles. The van der Waals surface area contributed by atoms with E-state index in [4.69, 9.17) is 9.26 Å². The van der Waals surface area contributed by atoms with E-state index in [1.54, 1.807) is 11.8 Å². The van der Waals surface area contributed by atoms with Crippen LogP contribution in [0.5, 0.6) is 5.75 Å². The highest BCUT2D eigenvalue weighted by molar-refractivity contribution is 5.73. The Labute approximate surface area is 126 Å². The molecule has 0 saturated carbocycles. The minimum atomic E-state index is -0.316. The normalized spacial score (nSPS) is 17.7. The molecule has 2 aromatic rings. The first-order valence-electron chi connectivity index (χ1n) is 7.08. The summed E-state index contributed by atoms with van der Waals surface area (Å²) in [6, 6.07) is 5.72. The molecule has 6 nitrogen and oxygen atoms in total. The number of ether oxygens (including phenoxy) is 1. The summed E-state index contributed by atoms with van der Waals surface area (Å²) in [5.41, 5.74) is 0. The summed E-state index contributed by atoms with van der Waals surface area (Å²) in [7, 11) is 0. The van der Waals surface area contributed by atoms with E-state index in [1.807, 2.05) is 0 Å². The van der Waals surface area contributed by atoms with Gasteiger partial charge < -0.3 is 14.2 Å². The van der Waals surface area contributed by atoms with Crippen molar-refractivity contribution in [3.63, 3.8) is 0 Å². The molecule has 22 heavy (non-hydrogen) atoms. The van der Waals surface area contributed by atoms with E-state index in [0.29, 0.717) is 24.0 Å². The summed E-state index contributed by atoms with van der Waals surface area (Å²) < 4.78 is 23.4. The Morgan fingerprint density at radius 3 is 2.91 bits per heavy atom. The number of aromatic nitrogens is 2. The molecule has 0 bridgehead atoms. The van der Waals surface area contributed by atoms with Gasteiger partial charge in [0.1, 0.15) is 11.6 Å². The summed E-state index contributed by atoms with van der Waals surface area (Å²) in [6.45, 7) is 3.02. The van der Waals surface area contributed by atoms with Crippen molar-refractivity contribution in [3.8, 4) is 5.75 Å². The number of amides is 1. The summed E-state index contributed by atoms with van der Waals surface area (Å²) in [6.07, 6.45) is 0.831. The van der Waals surface area contributed by atoms with Crippen molar-refractivity contribution in [2.75, 3.05) is 13.1 Å². The Bertz CT molecular complexity index is 656. The minimum Gasteiger partial charge on any atom is -0.484 e. The van der Waals surface area contributed by atoms with Crippen molar-refractivity contribution >= 4 is 5.91 Å². The molecule has 1 aliphatic rings. The quantitative estimate of drug-likeness (QED) is 0.865. The lowest BCUT2D eigenvalue weighted by molar-refractivity contribution is -0.127. The van der Waals surface area contributed by atoms with E-state index in [1.165, 1.54) is 24.3 Å². The van der Waals surface area contributed by atoms with E-state index < -0.39 is 0 Å². The maximum Gasteiger partial charge on any atom is 0.264 e. The standard InChI is InChI=1S/C15H16FN3O3/c1-10(20)19-7-6-11(8-19)15-17-14(22-18-15)9-21-13-4-2-12(16)3-5-13/h2-5,11H,6-9H2,1H3. The first-order valence-corrected chi connectivity index (χ1v) is 7.08. The lowest BCUT2D eigenvalue weighted by Crippen LogP contribution is -2.25. The molecular formula is C15H16FN3O3. The monoisotopic (exact) mass is 305 g/mol. The molecule has 116 valence electrons. The number of carbonyl (C=O) groups is 1. The van der Waals surface area contributed by atoms with Crippen molar-refractivity contribution < 1.29 is 18.4 Å². The molecule has 1 atom stereocenters. The van der Waals surface area contributed by atoms with Gasteiger partial charge in [0.2, 0.25) is 5.91 Å². The van der Waals surface area contributed by atoms with Crippen LogP contribution in [0.3, 0.4) is 0 Å². The molecular weight excluding hydrogens is 289 g/mol. The molecule has 1 aromatic carbocycles. The fourth-order valence-electron chi connectivity index (χ4n) is 2.43. The van der Waals surface area contributed by atoms with Gasteiger partial charge in [-0.25, -0.2) is 4.39 Å². The van der Waals surface area contributed by atoms with Crippen LogP contribution in [0.15, 0.2) is 28.8 Å². The van der Waals surface area contributed by atoms with Crippen LogP contribution in [-0.4, -0.2) is 34.0 Å². The average molecular weight is 305 g/mol. The number of benzene rings is 1. The predicted octanol–water partition coefficient (Wildman–Crippen LogP) is 2.12. The maximum absolute atomic E-state index is 12.8. The highest BCUT2D eigenvalue weighted by Gasteiger charge is 2.29. The average Bonchev–Trinajstić information content (AvgIpc) is 3.15. The van der Waals surface area contributed by atoms with E-state index in [0.717, 1.165) is 13.0 Å². The fourth-order valence-corrected chi connectivity index (χ4v) is 2.43. The molecule has 1 amide bonds. The molecule has 3 rings (SSSR count). The van der Waals surface area contributed by atoms with Gasteiger partial charge in [-0.15, -0.1) is 0 Å². The van der Waals surface area contributed by atoms with E-state index in [9.17, 15) is 9.18 Å². The van der Waals surface area contributed by atoms with Crippen molar-refractivity contribution in [1.29, 1.82) is 0 Å². The Kier molecular flexibility index (Phi) is 4.04. The van der Waals surface area contributed by atoms with Crippen LogP contribution >= 0.6 is 0 Å². The van der Waals surface area contributed by atoms with E-state index in [2.05, 4.69) is 10.1 Å². The van der Waals surface area contributed by atoms with Crippen molar-refractivity contribution in [2.24, 2.45) is 0 Å². The molecule has 0 spiro atoms. The Balaban J connectivity index is 1.57. The predicted molar refractivity (Wildman–Crippen MR) is 74.6 cm³/mol. The van der Waals surface area contributed by atoms with E-state index in [-0.39, 0.29) is 24.2 Å². The molecule has 0 N–H and O–H groups in total. The van der Waals surface area contributed by atoms with Crippen LogP contribution in [-0.2, 0) is 11.4 Å². The third-order valence-corrected chi connectivity index (χ3v) is 3.66. The van der Waals surface area contributed by atoms with Gasteiger partial charge in [0.15, 0.2) is 12.4 Å². The third kappa shape index (κ3) is 3.24. The van der Waals surface area contributed by atoms with Crippen LogP contribution < -0.4 is 4.74 Å². The Hall–Kier alpha value is -2.44. The smallest absolute Gasteiger partial charge is 0.264 e. The van der Waals surface area contributed by atoms with Gasteiger partial charge in [0, 0.05) is 25.9 Å². The highest BCUT2D eigenvalue weighted by atomic mass is 19.1. The van der Waals surface area contributed by atoms with Gasteiger partial charge in [-0.1, -0.05) is 5.16 Å². The number of nitrogens with zero attached hydrogens (tertiary/aromatic N) is 3. The molecule has 1 aromatic heterocycles. The van der Waals surface area contributed by atoms with Gasteiger partial charge in [-0.05, 0) is 30.7 Å². The van der Waals surface area contributed by atoms with Gasteiger partial charge in [-0.3, -0.25) is 4.79 Å². The zero-order chi connectivity index (χ0) is 15.5. The Morgan fingerprint density at radius 2 is 2.23 bits per heavy atom. The lowest BCUT2D eigenvalue weighted by atomic mass is 10.1. The van der Waals surface area contributed by atoms with Crippen LogP contribution in [0.25, 0.3) is 0 Å². The number of carbonyl (C=O) groups excluding carboxylic acids is 1. The van der Waals surface area contributed by atoms with Gasteiger partial charge >= 0.3 is 0 Å². The molecule has 2 heterocycles. The first kappa shape index (κ1) is 14.5. The van der Waals surface area contributed by atoms with Gasteiger partial charge in [0.05, 0.1) is 0 Å². The number of likely N-dealkylation sites (tertiary alicyclic amines) is 1. The molecule has 7 heteroatoms. The van der Waals surface area contributed by atoms with Crippen LogP contribution in [0.4, 0.5) is 4.39 Å². The topological polar surface area (TPSA) is 68.5 Å². The molecule has 0 radical (unpaired) electrons. The van der Waals surface area contributed by atoms with E-state index >= 15 is 0 Å². The summed E-state index contributed by atoms with van der Waals surface area (Å²) >= 11 is 0. The number of hydrogen-bond acceptors (Lipinski definition) is 5. The second-order valence-corrected chi connectivity index (χ2v) is 5.24. The van der Waals surface area contributed by atoms with Gasteiger partial charge in [-0.2, -0.15) is 4.98 Å². The zero-order valence-electron chi connectivity index (χ0n) is 12.2. The molecule has 1 fully saturated rings. The second kappa shape index (κ2) is 6.13. The van der Waals surface area contributed by atoms with Crippen molar-refractivity contribution in [2.45, 2.75) is 25.9 Å². The summed E-state index contributed by atoms with van der Waals surface area (Å²) in [5, 5.41) is 3.95. The number of hydrogen-bond donors (Lipinski definition) is 0. The van der Waals surface area contributed by atoms with Crippen molar-refractivity contribution in [1.82, 2.24) is 15.0 Å². The summed E-state index contributed by atoms with van der Waals surface area (Å²) in [4.78, 5) is 17.4. The fraction of sp³-hybridized carbons (Fsp3) is 0.400. The maximum atomic E-state index is 12.8. The number of halogens is 1. The largest absolute Gasteiger partial charge is 0.484 e. The summed E-state index contributed by atoms with van der Waals surface area (Å²) in [5.74, 6) is 1.34. The van der Waals surface area contributed by atoms with Crippen LogP contribution in [0.2, 0.25) is 0 Å². The highest BCUT2D eigenvalue weighted by Crippen LogP contribution is 2.25. The first-order chi connectivity index (χ1) is 10.6. The Morgan fingerprint density at radius 1 is 1.45 bits per heavy atom. The molecule has 1 unspecified atom stereocenters. The third-order valence-electron chi connectivity index (χ3n) is 3.66. The minimum absolute atomic E-state index is 0.0610. The molecule has 1 aliphatic heterocycles. The number of rotatable bonds is 4. The van der Waals surface area contributed by atoms with Crippen LogP contribution in [0.1, 0.15) is 31.0 Å². The SMILES string of the molecule is CC(=O)N1CCC(c2noc(COc3ccc(F)cc3)n2)C1. The zero-order valence-corrected chi connectivity index (χ0v) is 12.2. The van der Waals surface area contributed by atoms with Crippen LogP contribution in [0, 0.1) is 5.82 Å². The van der Waals surface area contributed by atoms with Crippen molar-refractivity contribution in [3.05, 3.63) is 41.8 Å². The molecule has 1 saturated heterocycles. The van der Waals surface area contributed by atoms with Gasteiger partial charge in [0.25, 0.3) is 5.89 Å². The lowest BCUT2D eigenvalue weighted by Gasteiger charge is -2.11.